The van der Waals surface area contributed by atoms with Gasteiger partial charge in [0.15, 0.2) is 5.78 Å². The van der Waals surface area contributed by atoms with Crippen molar-refractivity contribution >= 4 is 11.7 Å². The molecule has 4 rings (SSSR count). The first-order valence-electron chi connectivity index (χ1n) is 8.93. The SMILES string of the molecule is COc1ccc(CN2C(=O)c3ccccc3C23C=CC(=O)CC3)c(OC)c1. The van der Waals surface area contributed by atoms with Gasteiger partial charge in [0.1, 0.15) is 11.5 Å². The van der Waals surface area contributed by atoms with Gasteiger partial charge in [-0.2, -0.15) is 0 Å². The maximum Gasteiger partial charge on any atom is 0.255 e. The minimum atomic E-state index is -0.591. The van der Waals surface area contributed by atoms with Gasteiger partial charge in [0, 0.05) is 23.6 Å². The van der Waals surface area contributed by atoms with E-state index in [1.807, 2.05) is 53.4 Å². The normalized spacial score (nSPS) is 20.9. The summed E-state index contributed by atoms with van der Waals surface area (Å²) in [5.41, 5.74) is 1.96. The number of benzene rings is 2. The van der Waals surface area contributed by atoms with Gasteiger partial charge in [-0.3, -0.25) is 9.59 Å². The van der Waals surface area contributed by atoms with Crippen molar-refractivity contribution in [3.05, 3.63) is 71.3 Å². The Kier molecular flexibility index (Phi) is 4.22. The lowest BCUT2D eigenvalue weighted by atomic mass is 9.80. The average Bonchev–Trinajstić information content (AvgIpc) is 2.93. The highest BCUT2D eigenvalue weighted by Gasteiger charge is 2.48. The Morgan fingerprint density at radius 2 is 1.89 bits per heavy atom. The number of fused-ring (bicyclic) bond motifs is 2. The van der Waals surface area contributed by atoms with Gasteiger partial charge >= 0.3 is 0 Å². The molecule has 1 amide bonds. The van der Waals surface area contributed by atoms with E-state index in [9.17, 15) is 9.59 Å². The Morgan fingerprint density at radius 1 is 1.07 bits per heavy atom. The van der Waals surface area contributed by atoms with Crippen LogP contribution in [0.1, 0.15) is 34.3 Å². The van der Waals surface area contributed by atoms with Crippen LogP contribution in [0.4, 0.5) is 0 Å². The minimum absolute atomic E-state index is 0.0255. The Bertz CT molecular complexity index is 949. The summed E-state index contributed by atoms with van der Waals surface area (Å²) >= 11 is 0. The number of ether oxygens (including phenoxy) is 2. The summed E-state index contributed by atoms with van der Waals surface area (Å²) in [5.74, 6) is 1.44. The van der Waals surface area contributed by atoms with Crippen LogP contribution in [0.2, 0.25) is 0 Å². The second kappa shape index (κ2) is 6.58. The summed E-state index contributed by atoms with van der Waals surface area (Å²) in [6.07, 6.45) is 4.51. The number of allylic oxidation sites excluding steroid dienone is 1. The van der Waals surface area contributed by atoms with Gasteiger partial charge in [-0.05, 0) is 36.3 Å². The summed E-state index contributed by atoms with van der Waals surface area (Å²) in [7, 11) is 3.21. The van der Waals surface area contributed by atoms with Crippen molar-refractivity contribution in [2.75, 3.05) is 14.2 Å². The first kappa shape index (κ1) is 17.3. The van der Waals surface area contributed by atoms with Gasteiger partial charge < -0.3 is 14.4 Å². The fourth-order valence-corrected chi connectivity index (χ4v) is 4.05. The van der Waals surface area contributed by atoms with Gasteiger partial charge in [-0.15, -0.1) is 0 Å². The molecule has 0 radical (unpaired) electrons. The van der Waals surface area contributed by atoms with E-state index >= 15 is 0 Å². The Labute approximate surface area is 158 Å². The molecular formula is C22H21NO4. The highest BCUT2D eigenvalue weighted by Crippen LogP contribution is 2.46. The lowest BCUT2D eigenvalue weighted by Crippen LogP contribution is -2.43. The number of nitrogens with zero attached hydrogens (tertiary/aromatic N) is 1. The predicted octanol–water partition coefficient (Wildman–Crippen LogP) is 3.47. The molecule has 2 aromatic rings. The average molecular weight is 363 g/mol. The van der Waals surface area contributed by atoms with Crippen LogP contribution in [-0.2, 0) is 16.9 Å². The summed E-state index contributed by atoms with van der Waals surface area (Å²) < 4.78 is 10.8. The van der Waals surface area contributed by atoms with Gasteiger partial charge in [0.25, 0.3) is 5.91 Å². The van der Waals surface area contributed by atoms with Crippen LogP contribution in [0.15, 0.2) is 54.6 Å². The predicted molar refractivity (Wildman–Crippen MR) is 101 cm³/mol. The molecule has 0 aromatic heterocycles. The highest BCUT2D eigenvalue weighted by atomic mass is 16.5. The monoisotopic (exact) mass is 363 g/mol. The second-order valence-corrected chi connectivity index (χ2v) is 6.84. The Morgan fingerprint density at radius 3 is 2.59 bits per heavy atom. The molecule has 1 aliphatic heterocycles. The van der Waals surface area contributed by atoms with E-state index < -0.39 is 5.54 Å². The van der Waals surface area contributed by atoms with Crippen LogP contribution in [0.25, 0.3) is 0 Å². The largest absolute Gasteiger partial charge is 0.497 e. The molecule has 0 saturated carbocycles. The molecule has 138 valence electrons. The number of hydrogen-bond donors (Lipinski definition) is 0. The van der Waals surface area contributed by atoms with Crippen molar-refractivity contribution in [1.29, 1.82) is 0 Å². The molecule has 0 saturated heterocycles. The molecule has 1 unspecified atom stereocenters. The van der Waals surface area contributed by atoms with E-state index in [2.05, 4.69) is 0 Å². The summed E-state index contributed by atoms with van der Waals surface area (Å²) in [6.45, 7) is 0.388. The molecule has 5 nitrogen and oxygen atoms in total. The van der Waals surface area contributed by atoms with E-state index in [1.54, 1.807) is 20.3 Å². The van der Waals surface area contributed by atoms with Gasteiger partial charge in [0.2, 0.25) is 0 Å². The van der Waals surface area contributed by atoms with Crippen LogP contribution >= 0.6 is 0 Å². The van der Waals surface area contributed by atoms with E-state index in [0.717, 1.165) is 11.1 Å². The smallest absolute Gasteiger partial charge is 0.255 e. The molecule has 2 aliphatic rings. The van der Waals surface area contributed by atoms with Crippen molar-refractivity contribution in [3.63, 3.8) is 0 Å². The van der Waals surface area contributed by atoms with Crippen molar-refractivity contribution in [3.8, 4) is 11.5 Å². The van der Waals surface area contributed by atoms with Gasteiger partial charge in [-0.25, -0.2) is 0 Å². The third kappa shape index (κ3) is 2.70. The zero-order valence-corrected chi connectivity index (χ0v) is 15.4. The first-order valence-corrected chi connectivity index (χ1v) is 8.93. The van der Waals surface area contributed by atoms with Crippen LogP contribution in [0.3, 0.4) is 0 Å². The maximum absolute atomic E-state index is 13.2. The van der Waals surface area contributed by atoms with Crippen molar-refractivity contribution in [2.45, 2.75) is 24.9 Å². The van der Waals surface area contributed by atoms with Crippen LogP contribution in [0, 0.1) is 0 Å². The van der Waals surface area contributed by atoms with Crippen molar-refractivity contribution in [2.24, 2.45) is 0 Å². The number of ketones is 1. The zero-order valence-electron chi connectivity index (χ0n) is 15.4. The maximum atomic E-state index is 13.2. The summed E-state index contributed by atoms with van der Waals surface area (Å²) in [4.78, 5) is 26.9. The molecule has 1 spiro atoms. The number of carbonyl (C=O) groups excluding carboxylic acids is 2. The topological polar surface area (TPSA) is 55.8 Å². The van der Waals surface area contributed by atoms with Crippen molar-refractivity contribution in [1.82, 2.24) is 4.90 Å². The Balaban J connectivity index is 1.79. The molecular weight excluding hydrogens is 342 g/mol. The van der Waals surface area contributed by atoms with Crippen LogP contribution in [0.5, 0.6) is 11.5 Å². The fraction of sp³-hybridized carbons (Fsp3) is 0.273. The zero-order chi connectivity index (χ0) is 19.0. The molecule has 1 aliphatic carbocycles. The summed E-state index contributed by atoms with van der Waals surface area (Å²) in [5, 5.41) is 0. The second-order valence-electron chi connectivity index (χ2n) is 6.84. The first-order chi connectivity index (χ1) is 13.1. The van der Waals surface area contributed by atoms with Crippen LogP contribution in [-0.4, -0.2) is 30.8 Å². The Hall–Kier alpha value is -3.08. The quantitative estimate of drug-likeness (QED) is 0.835. The third-order valence-corrected chi connectivity index (χ3v) is 5.47. The van der Waals surface area contributed by atoms with Crippen molar-refractivity contribution < 1.29 is 19.1 Å². The molecule has 5 heteroatoms. The molecule has 0 bridgehead atoms. The minimum Gasteiger partial charge on any atom is -0.497 e. The molecule has 1 atom stereocenters. The van der Waals surface area contributed by atoms with E-state index in [4.69, 9.17) is 9.47 Å². The van der Waals surface area contributed by atoms with E-state index in [0.29, 0.717) is 36.4 Å². The van der Waals surface area contributed by atoms with Gasteiger partial charge in [0.05, 0.1) is 26.3 Å². The van der Waals surface area contributed by atoms with E-state index in [1.165, 1.54) is 0 Å². The summed E-state index contributed by atoms with van der Waals surface area (Å²) in [6, 6.07) is 13.2. The van der Waals surface area contributed by atoms with Gasteiger partial charge in [-0.1, -0.05) is 24.3 Å². The van der Waals surface area contributed by atoms with Crippen LogP contribution < -0.4 is 9.47 Å². The lowest BCUT2D eigenvalue weighted by molar-refractivity contribution is -0.115. The number of carbonyl (C=O) groups is 2. The number of hydrogen-bond acceptors (Lipinski definition) is 4. The molecule has 2 aromatic carbocycles. The molecule has 1 heterocycles. The number of methoxy groups -OCH3 is 2. The highest BCUT2D eigenvalue weighted by molar-refractivity contribution is 6.01. The molecule has 27 heavy (non-hydrogen) atoms. The number of amides is 1. The molecule has 0 N–H and O–H groups in total. The number of rotatable bonds is 4. The standard InChI is InChI=1S/C22H21NO4/c1-26-17-8-7-15(20(13-17)27-2)14-23-21(25)18-5-3-4-6-19(18)22(23)11-9-16(24)10-12-22/h3-9,11,13H,10,12,14H2,1-2H3. The molecule has 0 fully saturated rings. The lowest BCUT2D eigenvalue weighted by Gasteiger charge is -2.39. The fourth-order valence-electron chi connectivity index (χ4n) is 4.05. The third-order valence-electron chi connectivity index (χ3n) is 5.47. The van der Waals surface area contributed by atoms with E-state index in [-0.39, 0.29) is 11.7 Å².